The van der Waals surface area contributed by atoms with Gasteiger partial charge in [0.25, 0.3) is 0 Å². The molecule has 17 heavy (non-hydrogen) atoms. The smallest absolute Gasteiger partial charge is 0.314 e. The van der Waals surface area contributed by atoms with Crippen molar-refractivity contribution >= 4 is 17.6 Å². The van der Waals surface area contributed by atoms with Gasteiger partial charge in [-0.1, -0.05) is 11.6 Å². The third kappa shape index (κ3) is 1.51. The molecule has 0 saturated heterocycles. The maximum absolute atomic E-state index is 11.4. The van der Waals surface area contributed by atoms with Crippen LogP contribution in [0, 0.1) is 0 Å². The highest BCUT2D eigenvalue weighted by molar-refractivity contribution is 6.32. The predicted octanol–water partition coefficient (Wildman–Crippen LogP) is 2.32. The van der Waals surface area contributed by atoms with Crippen molar-refractivity contribution in [1.29, 1.82) is 0 Å². The number of benzene rings is 1. The maximum Gasteiger partial charge on any atom is 0.314 e. The predicted molar refractivity (Wildman–Crippen MR) is 60.3 cm³/mol. The van der Waals surface area contributed by atoms with E-state index in [-0.39, 0.29) is 6.79 Å². The van der Waals surface area contributed by atoms with E-state index in [2.05, 4.69) is 0 Å². The third-order valence-electron chi connectivity index (χ3n) is 3.40. The summed E-state index contributed by atoms with van der Waals surface area (Å²) in [4.78, 5) is 11.4. The Kier molecular flexibility index (Phi) is 2.31. The summed E-state index contributed by atoms with van der Waals surface area (Å²) in [5, 5.41) is 9.83. The Hall–Kier alpha value is -1.26. The SMILES string of the molecule is O=C(O)C1(c2c(Cl)ccc3c2COCO3)CC1. The van der Waals surface area contributed by atoms with Gasteiger partial charge in [0.15, 0.2) is 6.79 Å². The molecular formula is C12H11ClO4. The number of hydrogen-bond acceptors (Lipinski definition) is 3. The number of aliphatic carboxylic acids is 1. The summed E-state index contributed by atoms with van der Waals surface area (Å²) >= 11 is 6.16. The topological polar surface area (TPSA) is 55.8 Å². The van der Waals surface area contributed by atoms with Gasteiger partial charge in [0.2, 0.25) is 0 Å². The van der Waals surface area contributed by atoms with Crippen molar-refractivity contribution in [2.75, 3.05) is 6.79 Å². The molecule has 90 valence electrons. The molecule has 0 aromatic heterocycles. The van der Waals surface area contributed by atoms with Crippen LogP contribution < -0.4 is 4.74 Å². The van der Waals surface area contributed by atoms with E-state index in [1.54, 1.807) is 12.1 Å². The fraction of sp³-hybridized carbons (Fsp3) is 0.417. The summed E-state index contributed by atoms with van der Waals surface area (Å²) in [6.45, 7) is 0.564. The second-order valence-corrected chi connectivity index (χ2v) is 4.80. The Morgan fingerprint density at radius 1 is 1.41 bits per heavy atom. The van der Waals surface area contributed by atoms with E-state index < -0.39 is 11.4 Å². The fourth-order valence-electron chi connectivity index (χ4n) is 2.34. The van der Waals surface area contributed by atoms with Gasteiger partial charge in [-0.05, 0) is 30.5 Å². The van der Waals surface area contributed by atoms with Crippen LogP contribution in [0.3, 0.4) is 0 Å². The molecule has 5 heteroatoms. The van der Waals surface area contributed by atoms with Crippen LogP contribution in [0.25, 0.3) is 0 Å². The van der Waals surface area contributed by atoms with Crippen molar-refractivity contribution in [3.05, 3.63) is 28.3 Å². The van der Waals surface area contributed by atoms with Crippen LogP contribution in [0.2, 0.25) is 5.02 Å². The van der Waals surface area contributed by atoms with Crippen molar-refractivity contribution in [2.24, 2.45) is 0 Å². The van der Waals surface area contributed by atoms with E-state index >= 15 is 0 Å². The molecule has 1 aliphatic carbocycles. The molecule has 0 radical (unpaired) electrons. The van der Waals surface area contributed by atoms with Gasteiger partial charge in [0, 0.05) is 10.6 Å². The first kappa shape index (κ1) is 10.9. The molecule has 1 aliphatic heterocycles. The largest absolute Gasteiger partial charge is 0.481 e. The Morgan fingerprint density at radius 3 is 2.82 bits per heavy atom. The van der Waals surface area contributed by atoms with Crippen LogP contribution in [0.1, 0.15) is 24.0 Å². The molecule has 4 nitrogen and oxygen atoms in total. The molecule has 1 aromatic carbocycles. The zero-order valence-electron chi connectivity index (χ0n) is 9.03. The summed E-state index contributed by atoms with van der Waals surface area (Å²) in [7, 11) is 0. The lowest BCUT2D eigenvalue weighted by molar-refractivity contribution is -0.140. The normalized spacial score (nSPS) is 20.3. The first-order valence-electron chi connectivity index (χ1n) is 5.41. The van der Waals surface area contributed by atoms with Gasteiger partial charge in [-0.15, -0.1) is 0 Å². The van der Waals surface area contributed by atoms with Crippen LogP contribution >= 0.6 is 11.6 Å². The second kappa shape index (κ2) is 3.62. The summed E-state index contributed by atoms with van der Waals surface area (Å²) in [6, 6.07) is 3.46. The molecule has 1 aromatic rings. The van der Waals surface area contributed by atoms with Gasteiger partial charge >= 0.3 is 5.97 Å². The van der Waals surface area contributed by atoms with Crippen molar-refractivity contribution in [1.82, 2.24) is 0 Å². The van der Waals surface area contributed by atoms with Crippen molar-refractivity contribution in [3.8, 4) is 5.75 Å². The molecule has 1 N–H and O–H groups in total. The minimum Gasteiger partial charge on any atom is -0.481 e. The number of ether oxygens (including phenoxy) is 2. The lowest BCUT2D eigenvalue weighted by Gasteiger charge is -2.24. The molecule has 0 bridgehead atoms. The zero-order valence-corrected chi connectivity index (χ0v) is 9.79. The number of carbonyl (C=O) groups is 1. The Balaban J connectivity index is 2.18. The number of carboxylic acid groups (broad SMARTS) is 1. The Bertz CT molecular complexity index is 494. The van der Waals surface area contributed by atoms with Crippen LogP contribution in [-0.4, -0.2) is 17.9 Å². The van der Waals surface area contributed by atoms with Gasteiger partial charge in [0.05, 0.1) is 12.0 Å². The van der Waals surface area contributed by atoms with E-state index in [1.165, 1.54) is 0 Å². The average molecular weight is 255 g/mol. The fourth-order valence-corrected chi connectivity index (χ4v) is 2.70. The van der Waals surface area contributed by atoms with E-state index in [1.807, 2.05) is 0 Å². The van der Waals surface area contributed by atoms with Crippen molar-refractivity contribution < 1.29 is 19.4 Å². The second-order valence-electron chi connectivity index (χ2n) is 4.40. The van der Waals surface area contributed by atoms with Gasteiger partial charge in [-0.2, -0.15) is 0 Å². The summed E-state index contributed by atoms with van der Waals surface area (Å²) < 4.78 is 10.6. The van der Waals surface area contributed by atoms with Gasteiger partial charge < -0.3 is 14.6 Å². The van der Waals surface area contributed by atoms with Crippen LogP contribution in [0.4, 0.5) is 0 Å². The molecule has 0 unspecified atom stereocenters. The van der Waals surface area contributed by atoms with Crippen molar-refractivity contribution in [2.45, 2.75) is 24.9 Å². The first-order chi connectivity index (χ1) is 8.15. The van der Waals surface area contributed by atoms with E-state index in [0.717, 1.165) is 5.56 Å². The monoisotopic (exact) mass is 254 g/mol. The van der Waals surface area contributed by atoms with Gasteiger partial charge in [0.1, 0.15) is 5.75 Å². The summed E-state index contributed by atoms with van der Waals surface area (Å²) in [5.41, 5.74) is 0.625. The minimum atomic E-state index is -0.827. The third-order valence-corrected chi connectivity index (χ3v) is 3.72. The standard InChI is InChI=1S/C12H11ClO4/c13-8-1-2-9-7(5-16-6-17-9)10(8)12(3-4-12)11(14)15/h1-2H,3-6H2,(H,14,15). The molecule has 0 atom stereocenters. The molecule has 1 heterocycles. The Morgan fingerprint density at radius 2 is 2.18 bits per heavy atom. The number of halogens is 1. The van der Waals surface area contributed by atoms with Gasteiger partial charge in [-0.3, -0.25) is 4.79 Å². The summed E-state index contributed by atoms with van der Waals surface area (Å²) in [6.07, 6.45) is 1.25. The van der Waals surface area contributed by atoms with E-state index in [0.29, 0.717) is 35.8 Å². The minimum absolute atomic E-state index is 0.203. The number of fused-ring (bicyclic) bond motifs is 1. The first-order valence-corrected chi connectivity index (χ1v) is 5.79. The quantitative estimate of drug-likeness (QED) is 0.880. The summed E-state index contributed by atoms with van der Waals surface area (Å²) in [5.74, 6) is -0.137. The number of carboxylic acids is 1. The highest BCUT2D eigenvalue weighted by atomic mass is 35.5. The number of hydrogen-bond donors (Lipinski definition) is 1. The zero-order chi connectivity index (χ0) is 12.0. The van der Waals surface area contributed by atoms with Crippen LogP contribution in [-0.2, 0) is 21.6 Å². The molecule has 2 aliphatic rings. The molecule has 1 fully saturated rings. The van der Waals surface area contributed by atoms with Gasteiger partial charge in [-0.25, -0.2) is 0 Å². The van der Waals surface area contributed by atoms with Crippen LogP contribution in [0.5, 0.6) is 5.75 Å². The lowest BCUT2D eigenvalue weighted by Crippen LogP contribution is -2.24. The molecule has 3 rings (SSSR count). The molecule has 0 spiro atoms. The highest BCUT2D eigenvalue weighted by Gasteiger charge is 2.54. The number of rotatable bonds is 2. The lowest BCUT2D eigenvalue weighted by atomic mass is 9.90. The average Bonchev–Trinajstić information content (AvgIpc) is 3.10. The van der Waals surface area contributed by atoms with E-state index in [9.17, 15) is 9.90 Å². The maximum atomic E-state index is 11.4. The highest BCUT2D eigenvalue weighted by Crippen LogP contribution is 2.53. The molecular weight excluding hydrogens is 244 g/mol. The van der Waals surface area contributed by atoms with E-state index in [4.69, 9.17) is 21.1 Å². The van der Waals surface area contributed by atoms with Crippen molar-refractivity contribution in [3.63, 3.8) is 0 Å². The molecule has 1 saturated carbocycles. The Labute approximate surface area is 103 Å². The molecule has 0 amide bonds. The van der Waals surface area contributed by atoms with Crippen LogP contribution in [0.15, 0.2) is 12.1 Å².